The predicted octanol–water partition coefficient (Wildman–Crippen LogP) is 4.43. The molecule has 0 atom stereocenters. The molecule has 0 aliphatic rings. The molecule has 4 nitrogen and oxygen atoms in total. The van der Waals surface area contributed by atoms with Gasteiger partial charge in [0.15, 0.2) is 23.1 Å². The number of aryl methyl sites for hydroxylation is 1. The van der Waals surface area contributed by atoms with E-state index < -0.39 is 0 Å². The van der Waals surface area contributed by atoms with Gasteiger partial charge in [0.1, 0.15) is 5.58 Å². The van der Waals surface area contributed by atoms with Crippen molar-refractivity contribution < 1.29 is 18.4 Å². The molecule has 2 aromatic heterocycles. The normalized spacial score (nSPS) is 10.0. The van der Waals surface area contributed by atoms with E-state index in [0.29, 0.717) is 11.5 Å². The number of fused-ring (bicyclic) bond motifs is 1. The zero-order valence-electron chi connectivity index (χ0n) is 12.2. The Labute approximate surface area is 122 Å². The van der Waals surface area contributed by atoms with Crippen LogP contribution in [0.15, 0.2) is 51.5 Å². The minimum absolute atomic E-state index is 0.0197. The second-order valence-electron chi connectivity index (χ2n) is 4.64. The van der Waals surface area contributed by atoms with Gasteiger partial charge in [-0.15, -0.1) is 0 Å². The lowest BCUT2D eigenvalue weighted by molar-refractivity contribution is 0.0980. The quantitative estimate of drug-likeness (QED) is 0.653. The highest BCUT2D eigenvalue weighted by Crippen LogP contribution is 2.24. The average molecular weight is 284 g/mol. The Kier molecular flexibility index (Phi) is 4.38. The van der Waals surface area contributed by atoms with Crippen molar-refractivity contribution in [1.29, 1.82) is 0 Å². The molecule has 0 aliphatic carbocycles. The molecule has 0 bridgehead atoms. The Balaban J connectivity index is 0.000000173. The Morgan fingerprint density at radius 1 is 0.952 bits per heavy atom. The summed E-state index contributed by atoms with van der Waals surface area (Å²) in [5, 5.41) is 1.02. The molecular formula is C17H16O4. The maximum Gasteiger partial charge on any atom is 0.195 e. The van der Waals surface area contributed by atoms with Crippen LogP contribution in [0.2, 0.25) is 0 Å². The standard InChI is InChI=1S/C11H10O2.C6H6O2/c1-7-9-5-3-4-6-10(9)13-11(7)8(2)12;1-5(7)6-3-2-4-8-6/h3-6H,1-2H3;2-4H,1H3. The average Bonchev–Trinajstić information content (AvgIpc) is 3.08. The van der Waals surface area contributed by atoms with Gasteiger partial charge >= 0.3 is 0 Å². The Morgan fingerprint density at radius 2 is 1.67 bits per heavy atom. The minimum atomic E-state index is -0.0324. The Morgan fingerprint density at radius 3 is 2.14 bits per heavy atom. The van der Waals surface area contributed by atoms with Gasteiger partial charge in [-0.1, -0.05) is 18.2 Å². The van der Waals surface area contributed by atoms with Crippen LogP contribution in [0.25, 0.3) is 11.0 Å². The van der Waals surface area contributed by atoms with Gasteiger partial charge in [0.25, 0.3) is 0 Å². The minimum Gasteiger partial charge on any atom is -0.461 e. The molecule has 3 rings (SSSR count). The maximum absolute atomic E-state index is 11.1. The largest absolute Gasteiger partial charge is 0.461 e. The monoisotopic (exact) mass is 284 g/mol. The molecule has 3 aromatic rings. The van der Waals surface area contributed by atoms with Crippen molar-refractivity contribution in [2.45, 2.75) is 20.8 Å². The molecule has 0 saturated heterocycles. The SMILES string of the molecule is CC(=O)c1ccco1.CC(=O)c1oc2ccccc2c1C. The molecule has 0 aliphatic heterocycles. The lowest BCUT2D eigenvalue weighted by Crippen LogP contribution is -1.90. The summed E-state index contributed by atoms with van der Waals surface area (Å²) in [6.07, 6.45) is 1.48. The van der Waals surface area contributed by atoms with Crippen LogP contribution in [0.4, 0.5) is 0 Å². The summed E-state index contributed by atoms with van der Waals surface area (Å²) in [6.45, 7) is 4.89. The van der Waals surface area contributed by atoms with Gasteiger partial charge in [-0.25, -0.2) is 0 Å². The first-order valence-electron chi connectivity index (χ1n) is 6.54. The Hall–Kier alpha value is -2.62. The fourth-order valence-corrected chi connectivity index (χ4v) is 1.99. The molecule has 21 heavy (non-hydrogen) atoms. The molecule has 0 spiro atoms. The first-order valence-corrected chi connectivity index (χ1v) is 6.54. The lowest BCUT2D eigenvalue weighted by atomic mass is 10.1. The second-order valence-corrected chi connectivity index (χ2v) is 4.64. The van der Waals surface area contributed by atoms with Crippen LogP contribution in [0.3, 0.4) is 0 Å². The van der Waals surface area contributed by atoms with E-state index in [1.807, 2.05) is 31.2 Å². The Bertz CT molecular complexity index is 763. The van der Waals surface area contributed by atoms with Crippen molar-refractivity contribution in [3.05, 3.63) is 59.7 Å². The number of carbonyl (C=O) groups is 2. The van der Waals surface area contributed by atoms with Gasteiger partial charge in [-0.3, -0.25) is 9.59 Å². The summed E-state index contributed by atoms with van der Waals surface area (Å²) in [5.74, 6) is 0.843. The zero-order chi connectivity index (χ0) is 15.4. The number of hydrogen-bond donors (Lipinski definition) is 0. The highest BCUT2D eigenvalue weighted by molar-refractivity contribution is 5.98. The molecular weight excluding hydrogens is 268 g/mol. The van der Waals surface area contributed by atoms with Gasteiger partial charge < -0.3 is 8.83 Å². The molecule has 0 amide bonds. The summed E-state index contributed by atoms with van der Waals surface area (Å²) < 4.78 is 10.2. The molecule has 0 fully saturated rings. The first kappa shape index (κ1) is 14.8. The topological polar surface area (TPSA) is 60.4 Å². The van der Waals surface area contributed by atoms with Crippen LogP contribution in [-0.2, 0) is 0 Å². The third-order valence-corrected chi connectivity index (χ3v) is 3.03. The molecule has 0 N–H and O–H groups in total. The first-order chi connectivity index (χ1) is 10.0. The van der Waals surface area contributed by atoms with E-state index in [1.165, 1.54) is 20.1 Å². The van der Waals surface area contributed by atoms with Crippen molar-refractivity contribution in [1.82, 2.24) is 0 Å². The third-order valence-electron chi connectivity index (χ3n) is 3.03. The van der Waals surface area contributed by atoms with E-state index in [1.54, 1.807) is 12.1 Å². The van der Waals surface area contributed by atoms with Gasteiger partial charge in [0, 0.05) is 24.8 Å². The number of ketones is 2. The fourth-order valence-electron chi connectivity index (χ4n) is 1.99. The number of para-hydroxylation sites is 1. The molecule has 1 aromatic carbocycles. The van der Waals surface area contributed by atoms with Crippen LogP contribution in [-0.4, -0.2) is 11.6 Å². The summed E-state index contributed by atoms with van der Waals surface area (Å²) in [6, 6.07) is 11.0. The van der Waals surface area contributed by atoms with E-state index in [9.17, 15) is 9.59 Å². The number of Topliss-reactive ketones (excluding diaryl/α,β-unsaturated/α-hetero) is 2. The number of benzene rings is 1. The third kappa shape index (κ3) is 3.28. The summed E-state index contributed by atoms with van der Waals surface area (Å²) in [7, 11) is 0. The van der Waals surface area contributed by atoms with Gasteiger partial charge in [0.2, 0.25) is 0 Å². The van der Waals surface area contributed by atoms with Crippen LogP contribution in [0.1, 0.15) is 40.5 Å². The van der Waals surface area contributed by atoms with E-state index in [2.05, 4.69) is 0 Å². The molecule has 4 heteroatoms. The van der Waals surface area contributed by atoms with Gasteiger partial charge in [-0.2, -0.15) is 0 Å². The smallest absolute Gasteiger partial charge is 0.195 e. The van der Waals surface area contributed by atoms with Gasteiger partial charge in [-0.05, 0) is 25.1 Å². The summed E-state index contributed by atoms with van der Waals surface area (Å²) in [4.78, 5) is 21.6. The van der Waals surface area contributed by atoms with Crippen molar-refractivity contribution >= 4 is 22.5 Å². The maximum atomic E-state index is 11.1. The fraction of sp³-hybridized carbons (Fsp3) is 0.176. The van der Waals surface area contributed by atoms with Crippen molar-refractivity contribution in [3.8, 4) is 0 Å². The van der Waals surface area contributed by atoms with Crippen molar-refractivity contribution in [2.24, 2.45) is 0 Å². The molecule has 0 unspecified atom stereocenters. The van der Waals surface area contributed by atoms with Crippen LogP contribution >= 0.6 is 0 Å². The van der Waals surface area contributed by atoms with E-state index in [0.717, 1.165) is 16.5 Å². The van der Waals surface area contributed by atoms with Crippen molar-refractivity contribution in [2.75, 3.05) is 0 Å². The van der Waals surface area contributed by atoms with Crippen LogP contribution in [0, 0.1) is 6.92 Å². The second kappa shape index (κ2) is 6.22. The molecule has 0 radical (unpaired) electrons. The predicted molar refractivity (Wildman–Crippen MR) is 79.7 cm³/mol. The van der Waals surface area contributed by atoms with Gasteiger partial charge in [0.05, 0.1) is 6.26 Å². The van der Waals surface area contributed by atoms with Crippen molar-refractivity contribution in [3.63, 3.8) is 0 Å². The van der Waals surface area contributed by atoms with E-state index >= 15 is 0 Å². The van der Waals surface area contributed by atoms with E-state index in [4.69, 9.17) is 8.83 Å². The van der Waals surface area contributed by atoms with Crippen LogP contribution < -0.4 is 0 Å². The number of furan rings is 2. The molecule has 0 saturated carbocycles. The number of rotatable bonds is 2. The summed E-state index contributed by atoms with van der Waals surface area (Å²) >= 11 is 0. The highest BCUT2D eigenvalue weighted by atomic mass is 16.3. The number of carbonyl (C=O) groups excluding carboxylic acids is 2. The lowest BCUT2D eigenvalue weighted by Gasteiger charge is -1.88. The van der Waals surface area contributed by atoms with Crippen LogP contribution in [0.5, 0.6) is 0 Å². The number of hydrogen-bond acceptors (Lipinski definition) is 4. The highest BCUT2D eigenvalue weighted by Gasteiger charge is 2.12. The molecule has 2 heterocycles. The van der Waals surface area contributed by atoms with E-state index in [-0.39, 0.29) is 11.6 Å². The summed E-state index contributed by atoms with van der Waals surface area (Å²) in [5.41, 5.74) is 1.72. The molecule has 108 valence electrons. The zero-order valence-corrected chi connectivity index (χ0v) is 12.2.